The summed E-state index contributed by atoms with van der Waals surface area (Å²) in [4.78, 5) is 12.9. The first-order valence-corrected chi connectivity index (χ1v) is 3.93. The molecule has 3 N–H and O–H groups in total. The van der Waals surface area contributed by atoms with Gasteiger partial charge in [0.25, 0.3) is 0 Å². The average molecular weight is 157 g/mol. The second kappa shape index (κ2) is 3.69. The van der Waals surface area contributed by atoms with Crippen LogP contribution in [0.4, 0.5) is 0 Å². The summed E-state index contributed by atoms with van der Waals surface area (Å²) in [5, 5.41) is 3.14. The molecule has 0 aromatic rings. The van der Waals surface area contributed by atoms with Crippen LogP contribution in [-0.2, 0) is 4.79 Å². The van der Waals surface area contributed by atoms with E-state index in [0.29, 0.717) is 6.04 Å². The van der Waals surface area contributed by atoms with Crippen molar-refractivity contribution in [1.82, 2.24) is 10.2 Å². The zero-order valence-corrected chi connectivity index (χ0v) is 6.84. The smallest absolute Gasteiger partial charge is 0.236 e. The Bertz CT molecular complexity index is 149. The summed E-state index contributed by atoms with van der Waals surface area (Å²) in [5.41, 5.74) is 5.23. The third-order valence-corrected chi connectivity index (χ3v) is 2.12. The van der Waals surface area contributed by atoms with Gasteiger partial charge < -0.3 is 16.0 Å². The molecule has 4 nitrogen and oxygen atoms in total. The van der Waals surface area contributed by atoms with E-state index in [-0.39, 0.29) is 12.5 Å². The van der Waals surface area contributed by atoms with Crippen LogP contribution in [0.15, 0.2) is 0 Å². The molecule has 0 radical (unpaired) electrons. The van der Waals surface area contributed by atoms with Crippen molar-refractivity contribution in [3.05, 3.63) is 0 Å². The Balaban J connectivity index is 2.35. The normalized spacial score (nSPS) is 24.2. The number of nitrogens with one attached hydrogen (secondary N) is 1. The van der Waals surface area contributed by atoms with E-state index in [1.54, 1.807) is 4.90 Å². The van der Waals surface area contributed by atoms with Gasteiger partial charge in [0.1, 0.15) is 0 Å². The van der Waals surface area contributed by atoms with Crippen LogP contribution in [0.5, 0.6) is 0 Å². The Morgan fingerprint density at radius 3 is 3.00 bits per heavy atom. The maximum absolute atomic E-state index is 11.0. The molecule has 1 rings (SSSR count). The van der Waals surface area contributed by atoms with Gasteiger partial charge in [0.2, 0.25) is 5.91 Å². The maximum Gasteiger partial charge on any atom is 0.236 e. The van der Waals surface area contributed by atoms with Gasteiger partial charge in [0, 0.05) is 19.1 Å². The number of hydrogen-bond acceptors (Lipinski definition) is 3. The van der Waals surface area contributed by atoms with E-state index in [0.717, 1.165) is 19.5 Å². The monoisotopic (exact) mass is 157 g/mol. The fourth-order valence-electron chi connectivity index (χ4n) is 1.35. The van der Waals surface area contributed by atoms with Crippen molar-refractivity contribution < 1.29 is 4.79 Å². The highest BCUT2D eigenvalue weighted by Crippen LogP contribution is 2.07. The molecular formula is C7H15N3O. The summed E-state index contributed by atoms with van der Waals surface area (Å²) in [7, 11) is 1.92. The Kier molecular flexibility index (Phi) is 2.84. The summed E-state index contributed by atoms with van der Waals surface area (Å²) < 4.78 is 0. The fourth-order valence-corrected chi connectivity index (χ4v) is 1.35. The summed E-state index contributed by atoms with van der Waals surface area (Å²) in [6.07, 6.45) is 1.04. The van der Waals surface area contributed by atoms with Crippen molar-refractivity contribution >= 4 is 5.91 Å². The van der Waals surface area contributed by atoms with Gasteiger partial charge in [0.15, 0.2) is 0 Å². The Labute approximate surface area is 66.7 Å². The molecule has 1 atom stereocenters. The largest absolute Gasteiger partial charge is 0.340 e. The average Bonchev–Trinajstić information content (AvgIpc) is 2.50. The number of nitrogens with two attached hydrogens (primary N) is 1. The molecule has 0 aromatic heterocycles. The summed E-state index contributed by atoms with van der Waals surface area (Å²) in [5.74, 6) is 0.0581. The Morgan fingerprint density at radius 1 is 1.82 bits per heavy atom. The molecule has 1 fully saturated rings. The van der Waals surface area contributed by atoms with Gasteiger partial charge >= 0.3 is 0 Å². The topological polar surface area (TPSA) is 58.4 Å². The maximum atomic E-state index is 11.0. The van der Waals surface area contributed by atoms with Gasteiger partial charge in [-0.3, -0.25) is 4.79 Å². The molecule has 1 aliphatic rings. The predicted octanol–water partition coefficient (Wildman–Crippen LogP) is -1.23. The van der Waals surface area contributed by atoms with Gasteiger partial charge in [-0.15, -0.1) is 0 Å². The van der Waals surface area contributed by atoms with Crippen LogP contribution in [0.3, 0.4) is 0 Å². The van der Waals surface area contributed by atoms with Crippen molar-refractivity contribution in [2.24, 2.45) is 5.73 Å². The van der Waals surface area contributed by atoms with Crippen LogP contribution in [-0.4, -0.2) is 43.5 Å². The first kappa shape index (κ1) is 8.49. The molecule has 4 heteroatoms. The molecule has 1 amide bonds. The van der Waals surface area contributed by atoms with E-state index < -0.39 is 0 Å². The molecule has 0 saturated carbocycles. The Morgan fingerprint density at radius 2 is 2.55 bits per heavy atom. The molecule has 0 aliphatic carbocycles. The number of likely N-dealkylation sites (tertiary alicyclic amines) is 1. The minimum Gasteiger partial charge on any atom is -0.340 e. The van der Waals surface area contributed by atoms with Crippen molar-refractivity contribution in [3.63, 3.8) is 0 Å². The van der Waals surface area contributed by atoms with Gasteiger partial charge in [-0.1, -0.05) is 0 Å². The first-order chi connectivity index (χ1) is 5.27. The zero-order chi connectivity index (χ0) is 8.27. The highest BCUT2D eigenvalue weighted by atomic mass is 16.2. The van der Waals surface area contributed by atoms with E-state index in [2.05, 4.69) is 5.32 Å². The lowest BCUT2D eigenvalue weighted by molar-refractivity contribution is -0.128. The minimum absolute atomic E-state index is 0.0581. The van der Waals surface area contributed by atoms with Gasteiger partial charge in [-0.2, -0.15) is 0 Å². The fraction of sp³-hybridized carbons (Fsp3) is 0.857. The molecule has 1 unspecified atom stereocenters. The lowest BCUT2D eigenvalue weighted by atomic mass is 10.3. The molecule has 1 aliphatic heterocycles. The summed E-state index contributed by atoms with van der Waals surface area (Å²) >= 11 is 0. The predicted molar refractivity (Wildman–Crippen MR) is 43.1 cm³/mol. The minimum atomic E-state index is 0.0581. The molecule has 1 heterocycles. The van der Waals surface area contributed by atoms with Crippen LogP contribution in [0.25, 0.3) is 0 Å². The molecule has 0 aromatic carbocycles. The van der Waals surface area contributed by atoms with Gasteiger partial charge in [-0.05, 0) is 13.5 Å². The second-order valence-electron chi connectivity index (χ2n) is 2.82. The highest BCUT2D eigenvalue weighted by molar-refractivity contribution is 5.78. The number of carbonyl (C=O) groups excluding carboxylic acids is 1. The number of amides is 1. The molecular weight excluding hydrogens is 142 g/mol. The number of rotatable bonds is 2. The van der Waals surface area contributed by atoms with E-state index in [1.165, 1.54) is 0 Å². The van der Waals surface area contributed by atoms with Crippen molar-refractivity contribution in [1.29, 1.82) is 0 Å². The molecule has 1 saturated heterocycles. The van der Waals surface area contributed by atoms with Crippen LogP contribution < -0.4 is 11.1 Å². The van der Waals surface area contributed by atoms with Crippen molar-refractivity contribution in [2.45, 2.75) is 12.5 Å². The molecule has 11 heavy (non-hydrogen) atoms. The molecule has 0 spiro atoms. The number of likely N-dealkylation sites (N-methyl/N-ethyl adjacent to an activating group) is 1. The lowest BCUT2D eigenvalue weighted by Crippen LogP contribution is -2.36. The zero-order valence-electron chi connectivity index (χ0n) is 6.84. The third-order valence-electron chi connectivity index (χ3n) is 2.12. The van der Waals surface area contributed by atoms with Crippen LogP contribution in [0.1, 0.15) is 6.42 Å². The number of hydrogen-bond donors (Lipinski definition) is 2. The Hall–Kier alpha value is -0.610. The highest BCUT2D eigenvalue weighted by Gasteiger charge is 2.23. The van der Waals surface area contributed by atoms with Gasteiger partial charge in [-0.25, -0.2) is 0 Å². The lowest BCUT2D eigenvalue weighted by Gasteiger charge is -2.14. The molecule has 64 valence electrons. The number of carbonyl (C=O) groups is 1. The molecule has 0 bridgehead atoms. The van der Waals surface area contributed by atoms with Gasteiger partial charge in [0.05, 0.1) is 6.54 Å². The van der Waals surface area contributed by atoms with E-state index >= 15 is 0 Å². The summed E-state index contributed by atoms with van der Waals surface area (Å²) in [6.45, 7) is 1.80. The van der Waals surface area contributed by atoms with Crippen LogP contribution >= 0.6 is 0 Å². The van der Waals surface area contributed by atoms with Crippen molar-refractivity contribution in [3.8, 4) is 0 Å². The third kappa shape index (κ3) is 1.91. The quantitative estimate of drug-likeness (QED) is 0.527. The van der Waals surface area contributed by atoms with Crippen molar-refractivity contribution in [2.75, 3.05) is 26.7 Å². The standard InChI is InChI=1S/C7H15N3O/c1-9-6-2-3-10(5-6)7(11)4-8/h6,9H,2-5,8H2,1H3. The van der Waals surface area contributed by atoms with E-state index in [4.69, 9.17) is 5.73 Å². The second-order valence-corrected chi connectivity index (χ2v) is 2.82. The first-order valence-electron chi connectivity index (χ1n) is 3.93. The van der Waals surface area contributed by atoms with Crippen LogP contribution in [0.2, 0.25) is 0 Å². The van der Waals surface area contributed by atoms with E-state index in [9.17, 15) is 4.79 Å². The number of nitrogens with zero attached hydrogens (tertiary/aromatic N) is 1. The SMILES string of the molecule is CNC1CCN(C(=O)CN)C1. The summed E-state index contributed by atoms with van der Waals surface area (Å²) in [6, 6.07) is 0.463. The van der Waals surface area contributed by atoms with Crippen LogP contribution in [0, 0.1) is 0 Å². The van der Waals surface area contributed by atoms with E-state index in [1.807, 2.05) is 7.05 Å².